The number of hydrogen-bond donors (Lipinski definition) is 0. The number of ether oxygens (including phenoxy) is 4. The molecule has 5 nitrogen and oxygen atoms in total. The average Bonchev–Trinajstić information content (AvgIpc) is 3.80. The Morgan fingerprint density at radius 2 is 1.39 bits per heavy atom. The van der Waals surface area contributed by atoms with Crippen molar-refractivity contribution in [2.75, 3.05) is 26.4 Å². The molecule has 2 aliphatic rings. The monoisotopic (exact) mass is 438 g/mol. The minimum atomic E-state index is 0.203. The molecule has 2 fully saturated rings. The maximum absolute atomic E-state index is 6.48. The molecular weight excluding hydrogens is 416 g/mol. The normalized spacial score (nSPS) is 19.3. The van der Waals surface area contributed by atoms with Gasteiger partial charge < -0.3 is 23.4 Å². The van der Waals surface area contributed by atoms with Crippen LogP contribution in [0.5, 0.6) is 11.5 Å². The van der Waals surface area contributed by atoms with Gasteiger partial charge in [-0.2, -0.15) is 0 Å². The lowest BCUT2D eigenvalue weighted by molar-refractivity contribution is 0.263. The molecule has 3 heterocycles. The van der Waals surface area contributed by atoms with Crippen LogP contribution in [0.3, 0.4) is 0 Å². The SMILES string of the molecule is c1ccc2c(c1)c1cc(-c3ccc(OCC4CO4)cc3)oc1c1cccc(OCC3CO3)c21. The maximum Gasteiger partial charge on any atom is 0.143 e. The van der Waals surface area contributed by atoms with E-state index < -0.39 is 0 Å². The Morgan fingerprint density at radius 3 is 2.15 bits per heavy atom. The molecule has 2 atom stereocenters. The molecule has 164 valence electrons. The molecule has 0 radical (unpaired) electrons. The van der Waals surface area contributed by atoms with E-state index in [0.29, 0.717) is 13.2 Å². The van der Waals surface area contributed by atoms with Gasteiger partial charge in [-0.15, -0.1) is 0 Å². The van der Waals surface area contributed by atoms with Gasteiger partial charge in [0.1, 0.15) is 48.3 Å². The average molecular weight is 438 g/mol. The second-order valence-electron chi connectivity index (χ2n) is 8.63. The summed E-state index contributed by atoms with van der Waals surface area (Å²) in [5, 5.41) is 5.53. The van der Waals surface area contributed by atoms with Crippen LogP contribution in [0.25, 0.3) is 43.8 Å². The third kappa shape index (κ3) is 3.50. The molecule has 2 saturated heterocycles. The molecule has 0 aliphatic carbocycles. The summed E-state index contributed by atoms with van der Waals surface area (Å²) >= 11 is 0. The van der Waals surface area contributed by atoms with Gasteiger partial charge in [0.2, 0.25) is 0 Å². The van der Waals surface area contributed by atoms with Crippen LogP contribution < -0.4 is 9.47 Å². The zero-order chi connectivity index (χ0) is 21.8. The Labute approximate surface area is 190 Å². The van der Waals surface area contributed by atoms with Crippen LogP contribution in [0.15, 0.2) is 77.2 Å². The van der Waals surface area contributed by atoms with E-state index in [9.17, 15) is 0 Å². The highest BCUT2D eigenvalue weighted by molar-refractivity contribution is 6.25. The maximum atomic E-state index is 6.48. The van der Waals surface area contributed by atoms with E-state index in [1.807, 2.05) is 36.4 Å². The van der Waals surface area contributed by atoms with Crippen molar-refractivity contribution in [3.05, 3.63) is 72.8 Å². The summed E-state index contributed by atoms with van der Waals surface area (Å²) in [6, 6.07) is 24.8. The van der Waals surface area contributed by atoms with Gasteiger partial charge in [-0.1, -0.05) is 36.4 Å². The van der Waals surface area contributed by atoms with Crippen molar-refractivity contribution in [1.82, 2.24) is 0 Å². The fourth-order valence-corrected chi connectivity index (χ4v) is 4.40. The molecule has 4 aromatic carbocycles. The molecule has 0 bridgehead atoms. The standard InChI is InChI=1S/C28H22O5/c1-2-5-22-21(4-1)24-12-26(17-8-10-18(11-9-17)29-13-19-14-30-19)33-28(24)23-6-3-7-25(27(22)23)32-16-20-15-31-20/h1-12,19-20H,13-16H2. The van der Waals surface area contributed by atoms with Crippen molar-refractivity contribution in [3.63, 3.8) is 0 Å². The summed E-state index contributed by atoms with van der Waals surface area (Å²) < 4.78 is 29.0. The summed E-state index contributed by atoms with van der Waals surface area (Å²) in [6.45, 7) is 2.73. The largest absolute Gasteiger partial charge is 0.491 e. The molecule has 2 aliphatic heterocycles. The van der Waals surface area contributed by atoms with Crippen LogP contribution >= 0.6 is 0 Å². The number of furan rings is 1. The van der Waals surface area contributed by atoms with Gasteiger partial charge in [0.05, 0.1) is 13.2 Å². The summed E-state index contributed by atoms with van der Waals surface area (Å²) in [5.41, 5.74) is 1.88. The third-order valence-electron chi connectivity index (χ3n) is 6.29. The first-order valence-electron chi connectivity index (χ1n) is 11.3. The number of benzene rings is 4. The number of fused-ring (bicyclic) bond motifs is 6. The van der Waals surface area contributed by atoms with Crippen LogP contribution in [0.4, 0.5) is 0 Å². The van der Waals surface area contributed by atoms with Crippen molar-refractivity contribution in [3.8, 4) is 22.8 Å². The lowest BCUT2D eigenvalue weighted by Gasteiger charge is -2.12. The lowest BCUT2D eigenvalue weighted by atomic mass is 9.97. The van der Waals surface area contributed by atoms with Gasteiger partial charge in [0, 0.05) is 21.7 Å². The molecule has 0 amide bonds. The molecule has 0 N–H and O–H groups in total. The van der Waals surface area contributed by atoms with Crippen molar-refractivity contribution in [1.29, 1.82) is 0 Å². The molecular formula is C28H22O5. The minimum Gasteiger partial charge on any atom is -0.491 e. The van der Waals surface area contributed by atoms with Gasteiger partial charge in [-0.3, -0.25) is 0 Å². The van der Waals surface area contributed by atoms with Gasteiger partial charge in [-0.25, -0.2) is 0 Å². The first kappa shape index (κ1) is 19.0. The smallest absolute Gasteiger partial charge is 0.143 e. The van der Waals surface area contributed by atoms with Gasteiger partial charge in [0.15, 0.2) is 0 Å². The van der Waals surface area contributed by atoms with E-state index in [1.54, 1.807) is 0 Å². The van der Waals surface area contributed by atoms with Crippen molar-refractivity contribution < 1.29 is 23.4 Å². The van der Waals surface area contributed by atoms with Crippen molar-refractivity contribution in [2.45, 2.75) is 12.2 Å². The molecule has 5 aromatic rings. The van der Waals surface area contributed by atoms with E-state index >= 15 is 0 Å². The second kappa shape index (κ2) is 7.51. The van der Waals surface area contributed by atoms with Crippen LogP contribution in [0, 0.1) is 0 Å². The molecule has 0 saturated carbocycles. The summed E-state index contributed by atoms with van der Waals surface area (Å²) in [7, 11) is 0. The summed E-state index contributed by atoms with van der Waals surface area (Å²) in [4.78, 5) is 0. The highest BCUT2D eigenvalue weighted by atomic mass is 16.6. The number of rotatable bonds is 7. The second-order valence-corrected chi connectivity index (χ2v) is 8.63. The molecule has 7 rings (SSSR count). The van der Waals surface area contributed by atoms with Gasteiger partial charge >= 0.3 is 0 Å². The molecule has 33 heavy (non-hydrogen) atoms. The molecule has 5 heteroatoms. The third-order valence-corrected chi connectivity index (χ3v) is 6.29. The predicted octanol–water partition coefficient (Wildman–Crippen LogP) is 5.96. The summed E-state index contributed by atoms with van der Waals surface area (Å²) in [5.74, 6) is 2.53. The highest BCUT2D eigenvalue weighted by Crippen LogP contribution is 2.42. The molecule has 0 spiro atoms. The van der Waals surface area contributed by atoms with Gasteiger partial charge in [0.25, 0.3) is 0 Å². The Morgan fingerprint density at radius 1 is 0.697 bits per heavy atom. The fraction of sp³-hybridized carbons (Fsp3) is 0.214. The minimum absolute atomic E-state index is 0.203. The van der Waals surface area contributed by atoms with E-state index in [2.05, 4.69) is 36.4 Å². The first-order chi connectivity index (χ1) is 16.3. The number of hydrogen-bond acceptors (Lipinski definition) is 5. The quantitative estimate of drug-likeness (QED) is 0.232. The van der Waals surface area contributed by atoms with Crippen LogP contribution in [0.1, 0.15) is 0 Å². The fourth-order valence-electron chi connectivity index (χ4n) is 4.40. The van der Waals surface area contributed by atoms with E-state index in [4.69, 9.17) is 23.4 Å². The van der Waals surface area contributed by atoms with E-state index in [-0.39, 0.29) is 12.2 Å². The summed E-state index contributed by atoms with van der Waals surface area (Å²) in [6.07, 6.45) is 0.446. The number of epoxide rings is 2. The van der Waals surface area contributed by atoms with Crippen molar-refractivity contribution in [2.24, 2.45) is 0 Å². The predicted molar refractivity (Wildman–Crippen MR) is 127 cm³/mol. The zero-order valence-electron chi connectivity index (χ0n) is 18.0. The molecule has 2 unspecified atom stereocenters. The first-order valence-corrected chi connectivity index (χ1v) is 11.3. The van der Waals surface area contributed by atoms with Crippen LogP contribution in [-0.4, -0.2) is 38.6 Å². The van der Waals surface area contributed by atoms with Crippen LogP contribution in [-0.2, 0) is 9.47 Å². The highest BCUT2D eigenvalue weighted by Gasteiger charge is 2.24. The Kier molecular flexibility index (Phi) is 4.32. The lowest BCUT2D eigenvalue weighted by Crippen LogP contribution is -2.04. The Hall–Kier alpha value is -3.54. The zero-order valence-corrected chi connectivity index (χ0v) is 18.0. The van der Waals surface area contributed by atoms with E-state index in [1.165, 1.54) is 0 Å². The Balaban J connectivity index is 1.35. The Bertz CT molecular complexity index is 1480. The molecule has 1 aromatic heterocycles. The topological polar surface area (TPSA) is 56.7 Å². The van der Waals surface area contributed by atoms with Gasteiger partial charge in [-0.05, 0) is 47.2 Å². The van der Waals surface area contributed by atoms with Crippen LogP contribution in [0.2, 0.25) is 0 Å². The van der Waals surface area contributed by atoms with Crippen molar-refractivity contribution >= 4 is 32.5 Å². The van der Waals surface area contributed by atoms with E-state index in [0.717, 1.165) is 68.6 Å².